The minimum Gasteiger partial charge on any atom is -0.481 e. The Kier molecular flexibility index (Phi) is 4.89. The molecule has 0 saturated carbocycles. The fourth-order valence-electron chi connectivity index (χ4n) is 1.46. The summed E-state index contributed by atoms with van der Waals surface area (Å²) in [4.78, 5) is 12.9. The molecule has 0 atom stereocenters. The molecule has 0 N–H and O–H groups in total. The Morgan fingerprint density at radius 2 is 2.00 bits per heavy atom. The van der Waals surface area contributed by atoms with Crippen LogP contribution in [-0.2, 0) is 11.3 Å². The van der Waals surface area contributed by atoms with Crippen molar-refractivity contribution in [3.63, 3.8) is 0 Å². The van der Waals surface area contributed by atoms with E-state index in [2.05, 4.69) is 37.5 Å². The summed E-state index contributed by atoms with van der Waals surface area (Å²) in [6.45, 7) is 0.373. The number of methoxy groups -OCH3 is 2. The molecule has 0 fully saturated rings. The highest BCUT2D eigenvalue weighted by Crippen LogP contribution is 2.24. The molecule has 5 nitrogen and oxygen atoms in total. The topological polar surface area (TPSA) is 57.1 Å². The molecule has 0 radical (unpaired) electrons. The number of aromatic nitrogens is 3. The van der Waals surface area contributed by atoms with Crippen molar-refractivity contribution in [1.82, 2.24) is 15.0 Å². The second-order valence-electron chi connectivity index (χ2n) is 3.60. The molecule has 0 bridgehead atoms. The van der Waals surface area contributed by atoms with Crippen LogP contribution in [0.4, 0.5) is 0 Å². The molecule has 2 aromatic heterocycles. The molecular weight excluding hydrogens is 381 g/mol. The van der Waals surface area contributed by atoms with Gasteiger partial charge in [-0.1, -0.05) is 17.7 Å². The maximum absolute atomic E-state index is 6.11. The predicted molar refractivity (Wildman–Crippen MR) is 80.3 cm³/mol. The third-order valence-electron chi connectivity index (χ3n) is 2.32. The number of ether oxygens (including phenoxy) is 2. The van der Waals surface area contributed by atoms with Crippen molar-refractivity contribution in [3.8, 4) is 17.4 Å². The van der Waals surface area contributed by atoms with E-state index in [0.717, 1.165) is 9.26 Å². The fraction of sp³-hybridized carbons (Fsp3) is 0.250. The normalized spacial score (nSPS) is 10.5. The van der Waals surface area contributed by atoms with Crippen molar-refractivity contribution in [3.05, 3.63) is 32.6 Å². The van der Waals surface area contributed by atoms with Crippen LogP contribution in [0.25, 0.3) is 11.5 Å². The smallest absolute Gasteiger partial charge is 0.213 e. The Morgan fingerprint density at radius 3 is 2.68 bits per heavy atom. The summed E-state index contributed by atoms with van der Waals surface area (Å²) >= 11 is 8.20. The first-order chi connectivity index (χ1) is 9.15. The summed E-state index contributed by atoms with van der Waals surface area (Å²) in [5.41, 5.74) is 1.35. The van der Waals surface area contributed by atoms with E-state index in [1.165, 1.54) is 0 Å². The highest BCUT2D eigenvalue weighted by molar-refractivity contribution is 14.1. The summed E-state index contributed by atoms with van der Waals surface area (Å²) < 4.78 is 11.0. The van der Waals surface area contributed by atoms with E-state index in [4.69, 9.17) is 21.1 Å². The number of hydrogen-bond acceptors (Lipinski definition) is 5. The Hall–Kier alpha value is -0.990. The van der Waals surface area contributed by atoms with Gasteiger partial charge in [-0.2, -0.15) is 0 Å². The third-order valence-corrected chi connectivity index (χ3v) is 4.05. The number of halogens is 2. The van der Waals surface area contributed by atoms with Gasteiger partial charge in [0.15, 0.2) is 5.82 Å². The summed E-state index contributed by atoms with van der Waals surface area (Å²) in [5.74, 6) is 0.959. The summed E-state index contributed by atoms with van der Waals surface area (Å²) in [7, 11) is 3.17. The van der Waals surface area contributed by atoms with Crippen LogP contribution in [0.3, 0.4) is 0 Å². The van der Waals surface area contributed by atoms with E-state index >= 15 is 0 Å². The standard InChI is InChI=1S/C12H11ClIN3O2/c1-18-6-8-10(14)11(13)17-12(16-8)7-4-3-5-9(15-7)19-2/h3-5H,6H2,1-2H3. The SMILES string of the molecule is COCc1nc(-c2cccc(OC)n2)nc(Cl)c1I. The van der Waals surface area contributed by atoms with Crippen LogP contribution in [0, 0.1) is 3.57 Å². The molecule has 0 aliphatic carbocycles. The van der Waals surface area contributed by atoms with Crippen LogP contribution in [0.15, 0.2) is 18.2 Å². The molecule has 19 heavy (non-hydrogen) atoms. The molecule has 0 unspecified atom stereocenters. The monoisotopic (exact) mass is 391 g/mol. The lowest BCUT2D eigenvalue weighted by molar-refractivity contribution is 0.181. The van der Waals surface area contributed by atoms with Gasteiger partial charge >= 0.3 is 0 Å². The van der Waals surface area contributed by atoms with Crippen molar-refractivity contribution >= 4 is 34.2 Å². The van der Waals surface area contributed by atoms with Crippen molar-refractivity contribution in [2.45, 2.75) is 6.61 Å². The van der Waals surface area contributed by atoms with Gasteiger partial charge in [0.25, 0.3) is 0 Å². The van der Waals surface area contributed by atoms with Crippen LogP contribution in [0.1, 0.15) is 5.69 Å². The van der Waals surface area contributed by atoms with Gasteiger partial charge in [-0.25, -0.2) is 15.0 Å². The number of rotatable bonds is 4. The Bertz CT molecular complexity index is 595. The minimum absolute atomic E-state index is 0.373. The maximum atomic E-state index is 6.11. The van der Waals surface area contributed by atoms with Crippen LogP contribution in [-0.4, -0.2) is 29.2 Å². The van der Waals surface area contributed by atoms with E-state index in [0.29, 0.717) is 29.2 Å². The number of hydrogen-bond donors (Lipinski definition) is 0. The van der Waals surface area contributed by atoms with Gasteiger partial charge in [-0.3, -0.25) is 0 Å². The number of nitrogens with zero attached hydrogens (tertiary/aromatic N) is 3. The molecule has 2 rings (SSSR count). The zero-order valence-corrected chi connectivity index (χ0v) is 13.3. The van der Waals surface area contributed by atoms with Crippen molar-refractivity contribution in [2.24, 2.45) is 0 Å². The van der Waals surface area contributed by atoms with E-state index < -0.39 is 0 Å². The van der Waals surface area contributed by atoms with Crippen LogP contribution in [0.5, 0.6) is 5.88 Å². The zero-order chi connectivity index (χ0) is 13.8. The van der Waals surface area contributed by atoms with Gasteiger partial charge in [0.05, 0.1) is 23.0 Å². The molecule has 2 aromatic rings. The lowest BCUT2D eigenvalue weighted by Crippen LogP contribution is -2.03. The molecule has 0 aromatic carbocycles. The van der Waals surface area contributed by atoms with Gasteiger partial charge < -0.3 is 9.47 Å². The van der Waals surface area contributed by atoms with Gasteiger partial charge in [0, 0.05) is 13.2 Å². The lowest BCUT2D eigenvalue weighted by atomic mass is 10.3. The molecule has 0 aliphatic heterocycles. The third kappa shape index (κ3) is 3.31. The average molecular weight is 392 g/mol. The second kappa shape index (κ2) is 6.44. The van der Waals surface area contributed by atoms with Gasteiger partial charge in [-0.05, 0) is 28.7 Å². The van der Waals surface area contributed by atoms with Gasteiger partial charge in [-0.15, -0.1) is 0 Å². The van der Waals surface area contributed by atoms with Crippen LogP contribution >= 0.6 is 34.2 Å². The molecule has 100 valence electrons. The Morgan fingerprint density at radius 1 is 1.21 bits per heavy atom. The highest BCUT2D eigenvalue weighted by atomic mass is 127. The van der Waals surface area contributed by atoms with Crippen molar-refractivity contribution in [1.29, 1.82) is 0 Å². The Labute approximate surface area is 129 Å². The molecule has 0 amide bonds. The molecule has 0 saturated heterocycles. The summed E-state index contributed by atoms with van der Waals surface area (Å²) in [6, 6.07) is 5.39. The predicted octanol–water partition coefficient (Wildman–Crippen LogP) is 2.95. The largest absolute Gasteiger partial charge is 0.481 e. The maximum Gasteiger partial charge on any atom is 0.213 e. The molecule has 0 aliphatic rings. The molecule has 0 spiro atoms. The van der Waals surface area contributed by atoms with Gasteiger partial charge in [0.2, 0.25) is 5.88 Å². The zero-order valence-electron chi connectivity index (χ0n) is 10.4. The van der Waals surface area contributed by atoms with Crippen LogP contribution < -0.4 is 4.74 Å². The fourth-order valence-corrected chi connectivity index (χ4v) is 2.05. The van der Waals surface area contributed by atoms with Crippen molar-refractivity contribution < 1.29 is 9.47 Å². The summed E-state index contributed by atoms with van der Waals surface area (Å²) in [5, 5.41) is 0.391. The summed E-state index contributed by atoms with van der Waals surface area (Å²) in [6.07, 6.45) is 0. The first-order valence-electron chi connectivity index (χ1n) is 5.38. The Balaban J connectivity index is 2.49. The van der Waals surface area contributed by atoms with Crippen molar-refractivity contribution in [2.75, 3.05) is 14.2 Å². The van der Waals surface area contributed by atoms with Crippen LogP contribution in [0.2, 0.25) is 5.15 Å². The van der Waals surface area contributed by atoms with E-state index in [1.807, 2.05) is 6.07 Å². The highest BCUT2D eigenvalue weighted by Gasteiger charge is 2.13. The average Bonchev–Trinajstić information content (AvgIpc) is 2.44. The lowest BCUT2D eigenvalue weighted by Gasteiger charge is -2.08. The van der Waals surface area contributed by atoms with E-state index in [-0.39, 0.29) is 0 Å². The second-order valence-corrected chi connectivity index (χ2v) is 5.03. The first-order valence-corrected chi connectivity index (χ1v) is 6.83. The molecule has 7 heteroatoms. The quantitative estimate of drug-likeness (QED) is 0.592. The minimum atomic E-state index is 0.373. The van der Waals surface area contributed by atoms with Gasteiger partial charge in [0.1, 0.15) is 10.8 Å². The molecular formula is C12H11ClIN3O2. The van der Waals surface area contributed by atoms with E-state index in [9.17, 15) is 0 Å². The molecule has 2 heterocycles. The van der Waals surface area contributed by atoms with E-state index in [1.54, 1.807) is 26.4 Å². The number of pyridine rings is 1. The first kappa shape index (κ1) is 14.4.